The van der Waals surface area contributed by atoms with Gasteiger partial charge in [-0.05, 0) is 60.3 Å². The summed E-state index contributed by atoms with van der Waals surface area (Å²) in [6.07, 6.45) is 5.91. The van der Waals surface area contributed by atoms with Crippen molar-refractivity contribution in [2.75, 3.05) is 11.9 Å². The number of ether oxygens (including phenoxy) is 1. The Morgan fingerprint density at radius 1 is 1.11 bits per heavy atom. The Morgan fingerprint density at radius 3 is 2.51 bits per heavy atom. The fraction of sp³-hybridized carbons (Fsp3) is 0.370. The second-order valence-corrected chi connectivity index (χ2v) is 9.48. The second kappa shape index (κ2) is 11.4. The van der Waals surface area contributed by atoms with Gasteiger partial charge in [-0.3, -0.25) is 14.8 Å². The number of aliphatic carboxylic acids is 1. The summed E-state index contributed by atoms with van der Waals surface area (Å²) in [7, 11) is 1.77. The van der Waals surface area contributed by atoms with Crippen LogP contribution in [0.2, 0.25) is 5.02 Å². The number of carbonyl (C=O) groups is 2. The van der Waals surface area contributed by atoms with E-state index in [0.29, 0.717) is 23.2 Å². The fourth-order valence-electron chi connectivity index (χ4n) is 4.77. The van der Waals surface area contributed by atoms with Crippen LogP contribution in [0.15, 0.2) is 54.7 Å². The molecule has 1 saturated carbocycles. The van der Waals surface area contributed by atoms with Gasteiger partial charge in [-0.25, -0.2) is 4.79 Å². The number of anilines is 1. The first-order chi connectivity index (χ1) is 16.9. The summed E-state index contributed by atoms with van der Waals surface area (Å²) < 4.78 is 6.98. The molecular weight excluding hydrogens is 466 g/mol. The zero-order chi connectivity index (χ0) is 24.8. The molecule has 0 aliphatic heterocycles. The van der Waals surface area contributed by atoms with Crippen LogP contribution in [-0.2, 0) is 23.0 Å². The third kappa shape index (κ3) is 6.42. The van der Waals surface area contributed by atoms with Crippen molar-refractivity contribution >= 4 is 29.5 Å². The number of hydrogen-bond acceptors (Lipinski definition) is 4. The Labute approximate surface area is 210 Å². The lowest BCUT2D eigenvalue weighted by Crippen LogP contribution is -2.18. The molecule has 4 rings (SSSR count). The van der Waals surface area contributed by atoms with Crippen molar-refractivity contribution in [1.82, 2.24) is 9.78 Å². The van der Waals surface area contributed by atoms with Gasteiger partial charge in [-0.1, -0.05) is 54.1 Å². The molecule has 0 atom stereocenters. The number of aromatic nitrogens is 2. The fourth-order valence-corrected chi connectivity index (χ4v) is 5.00. The Balaban J connectivity index is 1.35. The summed E-state index contributed by atoms with van der Waals surface area (Å²) in [5.74, 6) is 0.600. The van der Waals surface area contributed by atoms with Crippen molar-refractivity contribution in [2.45, 2.75) is 44.4 Å². The summed E-state index contributed by atoms with van der Waals surface area (Å²) in [5.41, 5.74) is 3.96. The molecule has 0 bridgehead atoms. The number of rotatable bonds is 8. The molecule has 0 unspecified atom stereocenters. The van der Waals surface area contributed by atoms with Crippen molar-refractivity contribution in [2.24, 2.45) is 13.0 Å². The molecule has 0 radical (unpaired) electrons. The number of carboxylic acid groups (broad SMARTS) is 1. The molecule has 2 aromatic carbocycles. The summed E-state index contributed by atoms with van der Waals surface area (Å²) >= 11 is 6.16. The molecule has 1 aliphatic rings. The van der Waals surface area contributed by atoms with Crippen LogP contribution in [0, 0.1) is 5.92 Å². The van der Waals surface area contributed by atoms with E-state index < -0.39 is 12.1 Å². The minimum Gasteiger partial charge on any atom is -0.481 e. The van der Waals surface area contributed by atoms with E-state index in [1.807, 2.05) is 36.4 Å². The highest BCUT2D eigenvalue weighted by Gasteiger charge is 2.24. The van der Waals surface area contributed by atoms with E-state index in [2.05, 4.69) is 22.5 Å². The summed E-state index contributed by atoms with van der Waals surface area (Å²) in [6, 6.07) is 15.8. The zero-order valence-corrected chi connectivity index (χ0v) is 20.5. The SMILES string of the molecule is Cn1ncc(-c2ccc(C3CCC(CC(=O)O)CC3)cc2)c1NC(=O)OCCc1ccccc1Cl. The van der Waals surface area contributed by atoms with E-state index in [-0.39, 0.29) is 18.9 Å². The van der Waals surface area contributed by atoms with Gasteiger partial charge < -0.3 is 9.84 Å². The van der Waals surface area contributed by atoms with Gasteiger partial charge in [0.15, 0.2) is 0 Å². The van der Waals surface area contributed by atoms with E-state index in [4.69, 9.17) is 21.4 Å². The van der Waals surface area contributed by atoms with Crippen LogP contribution < -0.4 is 5.32 Å². The molecule has 0 saturated heterocycles. The van der Waals surface area contributed by atoms with Crippen molar-refractivity contribution in [1.29, 1.82) is 0 Å². The molecule has 1 heterocycles. The van der Waals surface area contributed by atoms with E-state index in [1.165, 1.54) is 5.56 Å². The monoisotopic (exact) mass is 495 g/mol. The maximum absolute atomic E-state index is 12.4. The minimum atomic E-state index is -0.705. The number of carbonyl (C=O) groups excluding carboxylic acids is 1. The lowest BCUT2D eigenvalue weighted by atomic mass is 9.77. The van der Waals surface area contributed by atoms with E-state index in [0.717, 1.165) is 42.4 Å². The van der Waals surface area contributed by atoms with Gasteiger partial charge in [-0.15, -0.1) is 0 Å². The molecular formula is C27H30ClN3O4. The summed E-state index contributed by atoms with van der Waals surface area (Å²) in [4.78, 5) is 23.4. The van der Waals surface area contributed by atoms with Gasteiger partial charge in [0, 0.05) is 30.5 Å². The quantitative estimate of drug-likeness (QED) is 0.383. The Morgan fingerprint density at radius 2 is 1.83 bits per heavy atom. The average Bonchev–Trinajstić information content (AvgIpc) is 3.20. The molecule has 1 amide bonds. The van der Waals surface area contributed by atoms with Gasteiger partial charge in [0.2, 0.25) is 0 Å². The van der Waals surface area contributed by atoms with Gasteiger partial charge in [0.25, 0.3) is 0 Å². The number of benzene rings is 2. The Bertz CT molecular complexity index is 1170. The first-order valence-electron chi connectivity index (χ1n) is 11.9. The third-order valence-corrected chi connectivity index (χ3v) is 7.09. The van der Waals surface area contributed by atoms with Gasteiger partial charge in [0.1, 0.15) is 5.82 Å². The van der Waals surface area contributed by atoms with Gasteiger partial charge in [-0.2, -0.15) is 5.10 Å². The van der Waals surface area contributed by atoms with Gasteiger partial charge in [0.05, 0.1) is 12.8 Å². The van der Waals surface area contributed by atoms with Crippen molar-refractivity contribution in [3.63, 3.8) is 0 Å². The molecule has 1 aromatic heterocycles. The van der Waals surface area contributed by atoms with Crippen molar-refractivity contribution in [3.05, 3.63) is 70.9 Å². The standard InChI is InChI=1S/C27H30ClN3O4/c1-31-26(30-27(34)35-15-14-22-4-2-3-5-24(22)28)23(17-29-31)21-12-10-20(11-13-21)19-8-6-18(7-9-19)16-25(32)33/h2-5,10-13,17-19H,6-9,14-16H2,1H3,(H,30,34)(H,32,33). The highest BCUT2D eigenvalue weighted by atomic mass is 35.5. The molecule has 2 N–H and O–H groups in total. The van der Waals surface area contributed by atoms with Crippen molar-refractivity contribution in [3.8, 4) is 11.1 Å². The van der Waals surface area contributed by atoms with Crippen LogP contribution in [0.5, 0.6) is 0 Å². The number of nitrogens with zero attached hydrogens (tertiary/aromatic N) is 2. The van der Waals surface area contributed by atoms with Crippen LogP contribution >= 0.6 is 11.6 Å². The molecule has 7 nitrogen and oxygen atoms in total. The predicted molar refractivity (Wildman–Crippen MR) is 136 cm³/mol. The lowest BCUT2D eigenvalue weighted by molar-refractivity contribution is -0.138. The molecule has 35 heavy (non-hydrogen) atoms. The summed E-state index contributed by atoms with van der Waals surface area (Å²) in [6.45, 7) is 0.214. The van der Waals surface area contributed by atoms with Crippen LogP contribution in [-0.4, -0.2) is 33.6 Å². The largest absolute Gasteiger partial charge is 0.481 e. The third-order valence-electron chi connectivity index (χ3n) is 6.72. The normalized spacial score (nSPS) is 17.7. The number of carboxylic acids is 1. The number of nitrogens with one attached hydrogen (secondary N) is 1. The number of hydrogen-bond donors (Lipinski definition) is 2. The molecule has 1 aliphatic carbocycles. The van der Waals surface area contributed by atoms with Crippen LogP contribution in [0.25, 0.3) is 11.1 Å². The highest BCUT2D eigenvalue weighted by Crippen LogP contribution is 2.38. The Kier molecular flexibility index (Phi) is 8.08. The molecule has 184 valence electrons. The first-order valence-corrected chi connectivity index (χ1v) is 12.3. The second-order valence-electron chi connectivity index (χ2n) is 9.07. The molecule has 0 spiro atoms. The molecule has 3 aromatic rings. The summed E-state index contributed by atoms with van der Waals surface area (Å²) in [5, 5.41) is 16.8. The minimum absolute atomic E-state index is 0.214. The predicted octanol–water partition coefficient (Wildman–Crippen LogP) is 6.28. The van der Waals surface area contributed by atoms with E-state index >= 15 is 0 Å². The average molecular weight is 496 g/mol. The lowest BCUT2D eigenvalue weighted by Gasteiger charge is -2.28. The smallest absolute Gasteiger partial charge is 0.412 e. The molecule has 1 fully saturated rings. The highest BCUT2D eigenvalue weighted by molar-refractivity contribution is 6.31. The topological polar surface area (TPSA) is 93.5 Å². The van der Waals surface area contributed by atoms with E-state index in [1.54, 1.807) is 17.9 Å². The van der Waals surface area contributed by atoms with E-state index in [9.17, 15) is 9.59 Å². The molecule has 8 heteroatoms. The maximum atomic E-state index is 12.4. The van der Waals surface area contributed by atoms with Gasteiger partial charge >= 0.3 is 12.1 Å². The Hall–Kier alpha value is -3.32. The maximum Gasteiger partial charge on any atom is 0.412 e. The van der Waals surface area contributed by atoms with Crippen LogP contribution in [0.1, 0.15) is 49.1 Å². The number of aryl methyl sites for hydroxylation is 1. The zero-order valence-electron chi connectivity index (χ0n) is 19.7. The first kappa shape index (κ1) is 24.8. The number of amides is 1. The van der Waals surface area contributed by atoms with Crippen molar-refractivity contribution < 1.29 is 19.4 Å². The van der Waals surface area contributed by atoms with Crippen LogP contribution in [0.4, 0.5) is 10.6 Å². The number of halogens is 1. The van der Waals surface area contributed by atoms with Crippen LogP contribution in [0.3, 0.4) is 0 Å².